The van der Waals surface area contributed by atoms with E-state index in [-0.39, 0.29) is 11.8 Å². The first kappa shape index (κ1) is 10.4. The summed E-state index contributed by atoms with van der Waals surface area (Å²) < 4.78 is 0.850. The fourth-order valence-corrected chi connectivity index (χ4v) is 2.14. The van der Waals surface area contributed by atoms with Crippen LogP contribution in [0.2, 0.25) is 0 Å². The molecule has 0 N–H and O–H groups in total. The highest BCUT2D eigenvalue weighted by Crippen LogP contribution is 2.29. The van der Waals surface area contributed by atoms with Gasteiger partial charge in [0, 0.05) is 25.1 Å². The van der Waals surface area contributed by atoms with Crippen LogP contribution in [-0.4, -0.2) is 17.4 Å². The number of carbonyl (C=O) groups is 1. The summed E-state index contributed by atoms with van der Waals surface area (Å²) in [5.41, 5.74) is 0. The van der Waals surface area contributed by atoms with E-state index in [1.165, 1.54) is 0 Å². The SMILES string of the molecule is C=CC1CC(=O)N(c2ncccc2Br)C1. The smallest absolute Gasteiger partial charge is 0.228 e. The largest absolute Gasteiger partial charge is 0.295 e. The van der Waals surface area contributed by atoms with Gasteiger partial charge >= 0.3 is 0 Å². The third kappa shape index (κ3) is 1.95. The maximum Gasteiger partial charge on any atom is 0.228 e. The Balaban J connectivity index is 2.29. The predicted molar refractivity (Wildman–Crippen MR) is 62.6 cm³/mol. The summed E-state index contributed by atoms with van der Waals surface area (Å²) in [5.74, 6) is 1.05. The Bertz CT molecular complexity index is 405. The molecule has 1 amide bonds. The second kappa shape index (κ2) is 4.14. The maximum atomic E-state index is 11.7. The van der Waals surface area contributed by atoms with Crippen molar-refractivity contribution in [2.24, 2.45) is 5.92 Å². The molecule has 2 heterocycles. The highest BCUT2D eigenvalue weighted by Gasteiger charge is 2.30. The number of rotatable bonds is 2. The number of carbonyl (C=O) groups excluding carboxylic acids is 1. The van der Waals surface area contributed by atoms with Crippen molar-refractivity contribution >= 4 is 27.7 Å². The molecule has 1 aromatic heterocycles. The molecule has 0 aliphatic carbocycles. The molecule has 0 aromatic carbocycles. The normalized spacial score (nSPS) is 20.7. The van der Waals surface area contributed by atoms with Gasteiger partial charge in [-0.1, -0.05) is 6.08 Å². The van der Waals surface area contributed by atoms with E-state index in [2.05, 4.69) is 27.5 Å². The lowest BCUT2D eigenvalue weighted by molar-refractivity contribution is -0.117. The van der Waals surface area contributed by atoms with Gasteiger partial charge in [0.25, 0.3) is 0 Å². The van der Waals surface area contributed by atoms with Crippen LogP contribution in [0, 0.1) is 5.92 Å². The number of hydrogen-bond acceptors (Lipinski definition) is 2. The highest BCUT2D eigenvalue weighted by atomic mass is 79.9. The van der Waals surface area contributed by atoms with Gasteiger partial charge in [-0.3, -0.25) is 9.69 Å². The summed E-state index contributed by atoms with van der Waals surface area (Å²) in [5, 5.41) is 0. The van der Waals surface area contributed by atoms with Crippen molar-refractivity contribution in [1.82, 2.24) is 4.98 Å². The molecule has 78 valence electrons. The van der Waals surface area contributed by atoms with Gasteiger partial charge in [0.1, 0.15) is 5.82 Å². The summed E-state index contributed by atoms with van der Waals surface area (Å²) in [6, 6.07) is 3.72. The molecule has 0 bridgehead atoms. The Labute approximate surface area is 96.9 Å². The van der Waals surface area contributed by atoms with Gasteiger partial charge in [0.05, 0.1) is 4.47 Å². The lowest BCUT2D eigenvalue weighted by Gasteiger charge is -2.15. The van der Waals surface area contributed by atoms with Crippen LogP contribution in [0.3, 0.4) is 0 Å². The number of nitrogens with zero attached hydrogens (tertiary/aromatic N) is 2. The first-order chi connectivity index (χ1) is 7.22. The van der Waals surface area contributed by atoms with E-state index >= 15 is 0 Å². The van der Waals surface area contributed by atoms with E-state index in [1.54, 1.807) is 11.1 Å². The van der Waals surface area contributed by atoms with Crippen molar-refractivity contribution in [2.75, 3.05) is 11.4 Å². The summed E-state index contributed by atoms with van der Waals surface area (Å²) in [7, 11) is 0. The van der Waals surface area contributed by atoms with Gasteiger partial charge in [0.15, 0.2) is 0 Å². The lowest BCUT2D eigenvalue weighted by Crippen LogP contribution is -2.25. The fraction of sp³-hybridized carbons (Fsp3) is 0.273. The fourth-order valence-electron chi connectivity index (χ4n) is 1.67. The molecule has 0 radical (unpaired) electrons. The van der Waals surface area contributed by atoms with Crippen LogP contribution in [0.25, 0.3) is 0 Å². The second-order valence-corrected chi connectivity index (χ2v) is 4.37. The molecule has 3 nitrogen and oxygen atoms in total. The minimum absolute atomic E-state index is 0.110. The molecule has 1 atom stereocenters. The Morgan fingerprint density at radius 1 is 1.67 bits per heavy atom. The zero-order chi connectivity index (χ0) is 10.8. The van der Waals surface area contributed by atoms with Gasteiger partial charge < -0.3 is 0 Å². The molecular weight excluding hydrogens is 256 g/mol. The molecule has 1 fully saturated rings. The van der Waals surface area contributed by atoms with Crippen molar-refractivity contribution in [3.63, 3.8) is 0 Å². The molecule has 2 rings (SSSR count). The molecule has 1 unspecified atom stereocenters. The summed E-state index contributed by atoms with van der Waals surface area (Å²) >= 11 is 3.39. The molecule has 4 heteroatoms. The molecule has 15 heavy (non-hydrogen) atoms. The number of aromatic nitrogens is 1. The van der Waals surface area contributed by atoms with Crippen LogP contribution in [0.4, 0.5) is 5.82 Å². The third-order valence-corrected chi connectivity index (χ3v) is 3.10. The van der Waals surface area contributed by atoms with Crippen molar-refractivity contribution in [2.45, 2.75) is 6.42 Å². The third-order valence-electron chi connectivity index (χ3n) is 2.48. The molecule has 1 aliphatic rings. The standard InChI is InChI=1S/C11H11BrN2O/c1-2-8-6-10(15)14(7-8)11-9(12)4-3-5-13-11/h2-5,8H,1,6-7H2. The predicted octanol–water partition coefficient (Wildman–Crippen LogP) is 2.38. The molecular formula is C11H11BrN2O. The summed E-state index contributed by atoms with van der Waals surface area (Å²) in [6.07, 6.45) is 4.05. The molecule has 0 spiro atoms. The average molecular weight is 267 g/mol. The molecule has 0 saturated carbocycles. The van der Waals surface area contributed by atoms with E-state index in [1.807, 2.05) is 18.2 Å². The van der Waals surface area contributed by atoms with E-state index in [0.717, 1.165) is 4.47 Å². The maximum absolute atomic E-state index is 11.7. The number of hydrogen-bond donors (Lipinski definition) is 0. The van der Waals surface area contributed by atoms with Gasteiger partial charge in [-0.2, -0.15) is 0 Å². The Morgan fingerprint density at radius 3 is 3.07 bits per heavy atom. The molecule has 1 aliphatic heterocycles. The Morgan fingerprint density at radius 2 is 2.47 bits per heavy atom. The Kier molecular flexibility index (Phi) is 2.86. The summed E-state index contributed by atoms with van der Waals surface area (Å²) in [4.78, 5) is 17.6. The van der Waals surface area contributed by atoms with Crippen LogP contribution < -0.4 is 4.90 Å². The minimum atomic E-state index is 0.110. The first-order valence-electron chi connectivity index (χ1n) is 4.76. The van der Waals surface area contributed by atoms with Gasteiger partial charge in [0.2, 0.25) is 5.91 Å². The van der Waals surface area contributed by atoms with Crippen LogP contribution in [-0.2, 0) is 4.79 Å². The number of anilines is 1. The monoisotopic (exact) mass is 266 g/mol. The van der Waals surface area contributed by atoms with E-state index in [9.17, 15) is 4.79 Å². The van der Waals surface area contributed by atoms with Gasteiger partial charge in [-0.05, 0) is 28.1 Å². The number of halogens is 1. The van der Waals surface area contributed by atoms with Crippen LogP contribution in [0.1, 0.15) is 6.42 Å². The minimum Gasteiger partial charge on any atom is -0.295 e. The molecule has 1 aromatic rings. The summed E-state index contributed by atoms with van der Waals surface area (Å²) in [6.45, 7) is 4.40. The van der Waals surface area contributed by atoms with E-state index in [4.69, 9.17) is 0 Å². The lowest BCUT2D eigenvalue weighted by atomic mass is 10.1. The van der Waals surface area contributed by atoms with Gasteiger partial charge in [-0.25, -0.2) is 4.98 Å². The van der Waals surface area contributed by atoms with Crippen molar-refractivity contribution in [1.29, 1.82) is 0 Å². The van der Waals surface area contributed by atoms with Gasteiger partial charge in [-0.15, -0.1) is 6.58 Å². The second-order valence-electron chi connectivity index (χ2n) is 3.51. The quantitative estimate of drug-likeness (QED) is 0.771. The topological polar surface area (TPSA) is 33.2 Å². The van der Waals surface area contributed by atoms with E-state index in [0.29, 0.717) is 18.8 Å². The van der Waals surface area contributed by atoms with Crippen molar-refractivity contribution in [3.05, 3.63) is 35.5 Å². The highest BCUT2D eigenvalue weighted by molar-refractivity contribution is 9.10. The van der Waals surface area contributed by atoms with Crippen LogP contribution in [0.15, 0.2) is 35.5 Å². The van der Waals surface area contributed by atoms with Crippen LogP contribution in [0.5, 0.6) is 0 Å². The molecule has 1 saturated heterocycles. The zero-order valence-electron chi connectivity index (χ0n) is 8.19. The van der Waals surface area contributed by atoms with Crippen molar-refractivity contribution < 1.29 is 4.79 Å². The van der Waals surface area contributed by atoms with Crippen molar-refractivity contribution in [3.8, 4) is 0 Å². The van der Waals surface area contributed by atoms with Crippen LogP contribution >= 0.6 is 15.9 Å². The number of pyridine rings is 1. The average Bonchev–Trinajstić information content (AvgIpc) is 2.60. The first-order valence-corrected chi connectivity index (χ1v) is 5.55. The van der Waals surface area contributed by atoms with E-state index < -0.39 is 0 Å². The number of amides is 1. The Hall–Kier alpha value is -1.16. The zero-order valence-corrected chi connectivity index (χ0v) is 9.77.